The zero-order chi connectivity index (χ0) is 29.0. The van der Waals surface area contributed by atoms with E-state index in [-0.39, 0.29) is 11.7 Å². The molecule has 1 saturated heterocycles. The molecular formula is C32H57N3O5. The molecule has 2 heterocycles. The molecular weight excluding hydrogens is 506 g/mol. The van der Waals surface area contributed by atoms with Gasteiger partial charge in [0, 0.05) is 12.6 Å². The molecule has 40 heavy (non-hydrogen) atoms. The largest absolute Gasteiger partial charge is 0.388 e. The average Bonchev–Trinajstić information content (AvgIpc) is 3.23. The number of nitrogens with one attached hydrogen (secondary N) is 1. The quantitative estimate of drug-likeness (QED) is 0.123. The molecule has 8 heteroatoms. The number of unbranched alkanes of at least 4 members (excludes halogenated alkanes) is 18. The third kappa shape index (κ3) is 13.3. The van der Waals surface area contributed by atoms with Crippen LogP contribution in [0.2, 0.25) is 0 Å². The number of nitrogens with zero attached hydrogens (tertiary/aromatic N) is 2. The van der Waals surface area contributed by atoms with Gasteiger partial charge in [0.25, 0.3) is 0 Å². The number of carbonyl (C=O) groups is 1. The van der Waals surface area contributed by atoms with Gasteiger partial charge in [-0.05, 0) is 18.9 Å². The highest BCUT2D eigenvalue weighted by Gasteiger charge is 2.43. The second-order valence-corrected chi connectivity index (χ2v) is 11.6. The molecule has 2 rings (SSSR count). The third-order valence-electron chi connectivity index (χ3n) is 8.12. The number of hydrogen-bond acceptors (Lipinski definition) is 6. The Kier molecular flexibility index (Phi) is 18.1. The van der Waals surface area contributed by atoms with Crippen molar-refractivity contribution >= 4 is 11.7 Å². The molecule has 0 unspecified atom stereocenters. The summed E-state index contributed by atoms with van der Waals surface area (Å²) in [4.78, 5) is 28.6. The van der Waals surface area contributed by atoms with Gasteiger partial charge in [-0.1, -0.05) is 129 Å². The van der Waals surface area contributed by atoms with Gasteiger partial charge < -0.3 is 20.3 Å². The fraction of sp³-hybridized carbons (Fsp3) is 0.844. The Morgan fingerprint density at radius 2 is 1.27 bits per heavy atom. The van der Waals surface area contributed by atoms with Crippen LogP contribution in [0.1, 0.15) is 155 Å². The summed E-state index contributed by atoms with van der Waals surface area (Å²) in [6.07, 6.45) is 23.5. The zero-order valence-electron chi connectivity index (χ0n) is 25.3. The molecule has 1 aliphatic rings. The standard InChI is InChI=1S/C32H57N3O5/c1-3-5-6-7-8-9-10-11-12-13-14-15-16-17-18-19-20-21-22-23-28(36)33-27-24-25-35(32(39)34-27)31-30(38)29(37)26(4-2)40-31/h24-26,29-31,37-38H,3-23H2,1-2H3,(H,33,34,36,39)/t26-,29-,30+,31-/m1/s1. The molecule has 0 saturated carbocycles. The van der Waals surface area contributed by atoms with Gasteiger partial charge in [-0.2, -0.15) is 4.98 Å². The SMILES string of the molecule is CCCCCCCCCCCCCCCCCCCCCC(=O)Nc1ccn([C@@H]2O[C@H](CC)[C@@H](O)[C@@H]2O)c(=O)n1. The van der Waals surface area contributed by atoms with E-state index in [2.05, 4.69) is 17.2 Å². The van der Waals surface area contributed by atoms with Gasteiger partial charge in [-0.3, -0.25) is 9.36 Å². The van der Waals surface area contributed by atoms with Crippen LogP contribution in [-0.4, -0.2) is 44.0 Å². The van der Waals surface area contributed by atoms with Crippen molar-refractivity contribution in [1.29, 1.82) is 0 Å². The number of rotatable bonds is 23. The highest BCUT2D eigenvalue weighted by Crippen LogP contribution is 2.29. The summed E-state index contributed by atoms with van der Waals surface area (Å²) in [6.45, 7) is 4.11. The molecule has 1 aliphatic heterocycles. The first kappa shape index (κ1) is 34.4. The van der Waals surface area contributed by atoms with Crippen LogP contribution in [0.25, 0.3) is 0 Å². The molecule has 0 bridgehead atoms. The fourth-order valence-corrected chi connectivity index (χ4v) is 5.54. The van der Waals surface area contributed by atoms with Crippen LogP contribution < -0.4 is 11.0 Å². The Morgan fingerprint density at radius 1 is 0.800 bits per heavy atom. The first-order chi connectivity index (χ1) is 19.5. The van der Waals surface area contributed by atoms with Gasteiger partial charge in [-0.25, -0.2) is 4.79 Å². The third-order valence-corrected chi connectivity index (χ3v) is 8.12. The number of aromatic nitrogens is 2. The van der Waals surface area contributed by atoms with Crippen molar-refractivity contribution in [1.82, 2.24) is 9.55 Å². The minimum absolute atomic E-state index is 0.157. The summed E-state index contributed by atoms with van der Waals surface area (Å²) < 4.78 is 6.76. The summed E-state index contributed by atoms with van der Waals surface area (Å²) in [5.74, 6) is 0.0272. The van der Waals surface area contributed by atoms with E-state index in [1.54, 1.807) is 0 Å². The maximum Gasteiger partial charge on any atom is 0.351 e. The second-order valence-electron chi connectivity index (χ2n) is 11.6. The van der Waals surface area contributed by atoms with Crippen molar-refractivity contribution in [2.75, 3.05) is 5.32 Å². The molecule has 8 nitrogen and oxygen atoms in total. The van der Waals surface area contributed by atoms with Crippen LogP contribution in [0, 0.1) is 0 Å². The van der Waals surface area contributed by atoms with E-state index < -0.39 is 30.2 Å². The van der Waals surface area contributed by atoms with E-state index in [1.165, 1.54) is 115 Å². The summed E-state index contributed by atoms with van der Waals surface area (Å²) in [5.41, 5.74) is -0.644. The Bertz CT molecular complexity index is 861. The fourth-order valence-electron chi connectivity index (χ4n) is 5.54. The minimum atomic E-state index is -1.21. The van der Waals surface area contributed by atoms with E-state index in [0.717, 1.165) is 23.8 Å². The molecule has 4 atom stereocenters. The number of hydrogen-bond donors (Lipinski definition) is 3. The smallest absolute Gasteiger partial charge is 0.351 e. The van der Waals surface area contributed by atoms with Crippen LogP contribution in [0.15, 0.2) is 17.1 Å². The maximum atomic E-state index is 12.4. The Hall–Kier alpha value is -1.77. The van der Waals surface area contributed by atoms with Crippen LogP contribution in [0.4, 0.5) is 5.82 Å². The van der Waals surface area contributed by atoms with Crippen molar-refractivity contribution in [2.45, 2.75) is 173 Å². The highest BCUT2D eigenvalue weighted by molar-refractivity contribution is 5.89. The average molecular weight is 564 g/mol. The molecule has 0 aromatic carbocycles. The molecule has 230 valence electrons. The molecule has 0 spiro atoms. The first-order valence-corrected chi connectivity index (χ1v) is 16.4. The van der Waals surface area contributed by atoms with Crippen molar-refractivity contribution < 1.29 is 19.7 Å². The van der Waals surface area contributed by atoms with Crippen LogP contribution in [0.3, 0.4) is 0 Å². The van der Waals surface area contributed by atoms with Gasteiger partial charge in [0.05, 0.1) is 6.10 Å². The van der Waals surface area contributed by atoms with E-state index in [4.69, 9.17) is 4.74 Å². The molecule has 1 amide bonds. The van der Waals surface area contributed by atoms with Gasteiger partial charge in [0.2, 0.25) is 5.91 Å². The topological polar surface area (TPSA) is 114 Å². The summed E-state index contributed by atoms with van der Waals surface area (Å²) >= 11 is 0. The molecule has 0 aliphatic carbocycles. The monoisotopic (exact) mass is 563 g/mol. The Labute approximate surface area is 242 Å². The van der Waals surface area contributed by atoms with E-state index >= 15 is 0 Å². The summed E-state index contributed by atoms with van der Waals surface area (Å²) in [5, 5.41) is 22.9. The Morgan fingerprint density at radius 3 is 1.70 bits per heavy atom. The van der Waals surface area contributed by atoms with Crippen molar-refractivity contribution in [2.24, 2.45) is 0 Å². The number of amides is 1. The first-order valence-electron chi connectivity index (χ1n) is 16.4. The lowest BCUT2D eigenvalue weighted by Gasteiger charge is -2.17. The predicted octanol–water partition coefficient (Wildman–Crippen LogP) is 7.03. The molecule has 1 aromatic heterocycles. The predicted molar refractivity (Wildman–Crippen MR) is 161 cm³/mol. The van der Waals surface area contributed by atoms with Gasteiger partial charge >= 0.3 is 5.69 Å². The van der Waals surface area contributed by atoms with E-state index in [1.807, 2.05) is 6.92 Å². The summed E-state index contributed by atoms with van der Waals surface area (Å²) in [7, 11) is 0. The van der Waals surface area contributed by atoms with Gasteiger partial charge in [0.15, 0.2) is 6.23 Å². The molecule has 1 fully saturated rings. The van der Waals surface area contributed by atoms with Crippen LogP contribution in [0.5, 0.6) is 0 Å². The summed E-state index contributed by atoms with van der Waals surface area (Å²) in [6, 6.07) is 1.51. The van der Waals surface area contributed by atoms with Crippen molar-refractivity contribution in [3.05, 3.63) is 22.7 Å². The number of carbonyl (C=O) groups excluding carboxylic acids is 1. The van der Waals surface area contributed by atoms with E-state index in [0.29, 0.717) is 12.8 Å². The highest BCUT2D eigenvalue weighted by atomic mass is 16.6. The number of aliphatic hydroxyl groups is 2. The van der Waals surface area contributed by atoms with Gasteiger partial charge in [0.1, 0.15) is 18.0 Å². The zero-order valence-corrected chi connectivity index (χ0v) is 25.3. The lowest BCUT2D eigenvalue weighted by Crippen LogP contribution is -2.35. The van der Waals surface area contributed by atoms with Crippen molar-refractivity contribution in [3.8, 4) is 0 Å². The van der Waals surface area contributed by atoms with E-state index in [9.17, 15) is 19.8 Å². The minimum Gasteiger partial charge on any atom is -0.388 e. The lowest BCUT2D eigenvalue weighted by atomic mass is 10.0. The number of aliphatic hydroxyl groups excluding tert-OH is 2. The van der Waals surface area contributed by atoms with Gasteiger partial charge in [-0.15, -0.1) is 0 Å². The van der Waals surface area contributed by atoms with Crippen LogP contribution >= 0.6 is 0 Å². The Balaban J connectivity index is 1.43. The second kappa shape index (κ2) is 21.0. The number of ether oxygens (including phenoxy) is 1. The lowest BCUT2D eigenvalue weighted by molar-refractivity contribution is -0.116. The van der Waals surface area contributed by atoms with Crippen LogP contribution in [-0.2, 0) is 9.53 Å². The normalized spacial score (nSPS) is 20.7. The molecule has 1 aromatic rings. The maximum absolute atomic E-state index is 12.4. The number of anilines is 1. The molecule has 3 N–H and O–H groups in total. The van der Waals surface area contributed by atoms with Crippen molar-refractivity contribution in [3.63, 3.8) is 0 Å². The molecule has 0 radical (unpaired) electrons.